The number of alkyl halides is 3. The average molecular weight is 416 g/mol. The van der Waals surface area contributed by atoms with Crippen molar-refractivity contribution in [1.29, 1.82) is 0 Å². The van der Waals surface area contributed by atoms with E-state index in [4.69, 9.17) is 4.74 Å². The van der Waals surface area contributed by atoms with E-state index in [1.807, 2.05) is 24.3 Å². The van der Waals surface area contributed by atoms with Crippen LogP contribution < -0.4 is 14.4 Å². The summed E-state index contributed by atoms with van der Waals surface area (Å²) in [6, 6.07) is 12.4. The molecule has 132 valence electrons. The van der Waals surface area contributed by atoms with Crippen LogP contribution in [0.5, 0.6) is 11.5 Å². The summed E-state index contributed by atoms with van der Waals surface area (Å²) in [5, 5.41) is 0. The Morgan fingerprint density at radius 1 is 1.08 bits per heavy atom. The lowest BCUT2D eigenvalue weighted by Crippen LogP contribution is -2.32. The molecule has 1 aliphatic heterocycles. The highest BCUT2D eigenvalue weighted by molar-refractivity contribution is 9.10. The number of amides is 1. The largest absolute Gasteiger partial charge is 0.573 e. The molecule has 1 saturated heterocycles. The first-order valence-corrected chi connectivity index (χ1v) is 8.20. The quantitative estimate of drug-likeness (QED) is 0.735. The molecule has 1 unspecified atom stereocenters. The maximum atomic E-state index is 12.5. The summed E-state index contributed by atoms with van der Waals surface area (Å²) in [7, 11) is 0. The predicted octanol–water partition coefficient (Wildman–Crippen LogP) is 4.53. The van der Waals surface area contributed by atoms with E-state index in [0.29, 0.717) is 13.0 Å². The second kappa shape index (κ2) is 6.95. The highest BCUT2D eigenvalue weighted by Gasteiger charge is 2.35. The van der Waals surface area contributed by atoms with E-state index in [9.17, 15) is 18.0 Å². The van der Waals surface area contributed by atoms with Crippen LogP contribution in [-0.4, -0.2) is 24.9 Å². The van der Waals surface area contributed by atoms with E-state index in [-0.39, 0.29) is 17.4 Å². The number of nitrogens with zero attached hydrogens (tertiary/aromatic N) is 1. The van der Waals surface area contributed by atoms with E-state index in [2.05, 4.69) is 20.7 Å². The van der Waals surface area contributed by atoms with Crippen molar-refractivity contribution in [3.63, 3.8) is 0 Å². The molecule has 0 aromatic heterocycles. The smallest absolute Gasteiger partial charge is 0.480 e. The minimum absolute atomic E-state index is 0.151. The van der Waals surface area contributed by atoms with Gasteiger partial charge in [0.1, 0.15) is 11.5 Å². The topological polar surface area (TPSA) is 38.8 Å². The van der Waals surface area contributed by atoms with Gasteiger partial charge in [0.05, 0.1) is 0 Å². The zero-order valence-electron chi connectivity index (χ0n) is 12.8. The second-order valence-corrected chi connectivity index (χ2v) is 6.30. The fraction of sp³-hybridized carbons (Fsp3) is 0.235. The molecule has 1 aliphatic rings. The first kappa shape index (κ1) is 17.6. The fourth-order valence-electron chi connectivity index (χ4n) is 2.55. The van der Waals surface area contributed by atoms with Crippen molar-refractivity contribution in [1.82, 2.24) is 0 Å². The molecule has 25 heavy (non-hydrogen) atoms. The van der Waals surface area contributed by atoms with Gasteiger partial charge in [0.2, 0.25) is 0 Å². The maximum absolute atomic E-state index is 12.5. The van der Waals surface area contributed by atoms with Gasteiger partial charge in [-0.1, -0.05) is 22.0 Å². The van der Waals surface area contributed by atoms with Gasteiger partial charge in [-0.05, 0) is 36.4 Å². The molecule has 1 amide bonds. The average Bonchev–Trinajstić information content (AvgIpc) is 2.88. The molecule has 0 aliphatic carbocycles. The molecule has 4 nitrogen and oxygen atoms in total. The Kier molecular flexibility index (Phi) is 4.89. The molecule has 0 radical (unpaired) electrons. The number of hydrogen-bond acceptors (Lipinski definition) is 3. The monoisotopic (exact) mass is 415 g/mol. The Bertz CT molecular complexity index is 764. The number of carbonyl (C=O) groups is 1. The third-order valence-corrected chi connectivity index (χ3v) is 4.14. The third-order valence-electron chi connectivity index (χ3n) is 3.61. The van der Waals surface area contributed by atoms with Crippen LogP contribution in [0.4, 0.5) is 18.9 Å². The lowest BCUT2D eigenvalue weighted by atomic mass is 10.3. The summed E-state index contributed by atoms with van der Waals surface area (Å²) in [5.41, 5.74) is 0.744. The maximum Gasteiger partial charge on any atom is 0.573 e. The van der Waals surface area contributed by atoms with Gasteiger partial charge < -0.3 is 14.4 Å². The SMILES string of the molecule is O=C1C(Oc2cccc(OC(F)(F)F)c2)CCN1c1ccc(Br)cc1. The highest BCUT2D eigenvalue weighted by atomic mass is 79.9. The normalized spacial score (nSPS) is 17.7. The summed E-state index contributed by atoms with van der Waals surface area (Å²) in [6.45, 7) is 0.476. The Labute approximate surface area is 150 Å². The third kappa shape index (κ3) is 4.45. The molecular weight excluding hydrogens is 403 g/mol. The van der Waals surface area contributed by atoms with Crippen LogP contribution in [0.15, 0.2) is 53.0 Å². The van der Waals surface area contributed by atoms with Crippen molar-refractivity contribution in [3.8, 4) is 11.5 Å². The van der Waals surface area contributed by atoms with Crippen molar-refractivity contribution >= 4 is 27.5 Å². The molecule has 1 fully saturated rings. The summed E-state index contributed by atoms with van der Waals surface area (Å²) in [6.07, 6.45) is -5.08. The number of ether oxygens (including phenoxy) is 2. The fourth-order valence-corrected chi connectivity index (χ4v) is 2.81. The van der Waals surface area contributed by atoms with Crippen LogP contribution in [0.25, 0.3) is 0 Å². The number of carbonyl (C=O) groups excluding carboxylic acids is 1. The molecule has 1 atom stereocenters. The highest BCUT2D eigenvalue weighted by Crippen LogP contribution is 2.29. The van der Waals surface area contributed by atoms with Gasteiger partial charge in [-0.15, -0.1) is 13.2 Å². The standard InChI is InChI=1S/C17H13BrF3NO3/c18-11-4-6-12(7-5-11)22-9-8-15(16(22)23)24-13-2-1-3-14(10-13)25-17(19,20)21/h1-7,10,15H,8-9H2. The van der Waals surface area contributed by atoms with Crippen LogP contribution in [0.1, 0.15) is 6.42 Å². The first-order valence-electron chi connectivity index (χ1n) is 7.41. The number of halogens is 4. The second-order valence-electron chi connectivity index (χ2n) is 5.38. The van der Waals surface area contributed by atoms with Gasteiger partial charge in [-0.2, -0.15) is 0 Å². The van der Waals surface area contributed by atoms with Gasteiger partial charge >= 0.3 is 6.36 Å². The van der Waals surface area contributed by atoms with Crippen molar-refractivity contribution in [2.24, 2.45) is 0 Å². The Morgan fingerprint density at radius 2 is 1.76 bits per heavy atom. The zero-order chi connectivity index (χ0) is 18.0. The van der Waals surface area contributed by atoms with Crippen molar-refractivity contribution in [2.45, 2.75) is 18.9 Å². The number of hydrogen-bond donors (Lipinski definition) is 0. The molecular formula is C17H13BrF3NO3. The van der Waals surface area contributed by atoms with E-state index in [1.165, 1.54) is 18.2 Å². The van der Waals surface area contributed by atoms with Gasteiger partial charge in [0.25, 0.3) is 5.91 Å². The molecule has 3 rings (SSSR count). The summed E-state index contributed by atoms with van der Waals surface area (Å²) >= 11 is 3.33. The Balaban J connectivity index is 1.69. The Hall–Kier alpha value is -2.22. The summed E-state index contributed by atoms with van der Waals surface area (Å²) in [5.74, 6) is -0.470. The molecule has 0 N–H and O–H groups in total. The number of anilines is 1. The van der Waals surface area contributed by atoms with Crippen molar-refractivity contribution in [2.75, 3.05) is 11.4 Å². The van der Waals surface area contributed by atoms with E-state index >= 15 is 0 Å². The molecule has 8 heteroatoms. The van der Waals surface area contributed by atoms with E-state index < -0.39 is 12.5 Å². The van der Waals surface area contributed by atoms with Crippen LogP contribution in [0.3, 0.4) is 0 Å². The lowest BCUT2D eigenvalue weighted by molar-refractivity contribution is -0.274. The van der Waals surface area contributed by atoms with E-state index in [0.717, 1.165) is 16.2 Å². The first-order chi connectivity index (χ1) is 11.8. The summed E-state index contributed by atoms with van der Waals surface area (Å²) < 4.78 is 47.2. The molecule has 0 saturated carbocycles. The lowest BCUT2D eigenvalue weighted by Gasteiger charge is -2.17. The Morgan fingerprint density at radius 3 is 2.44 bits per heavy atom. The van der Waals surface area contributed by atoms with Crippen LogP contribution in [0, 0.1) is 0 Å². The number of benzene rings is 2. The predicted molar refractivity (Wildman–Crippen MR) is 88.7 cm³/mol. The molecule has 2 aromatic carbocycles. The minimum atomic E-state index is -4.78. The molecule has 0 spiro atoms. The van der Waals surface area contributed by atoms with E-state index in [1.54, 1.807) is 4.90 Å². The van der Waals surface area contributed by atoms with Crippen LogP contribution >= 0.6 is 15.9 Å². The molecule has 2 aromatic rings. The minimum Gasteiger partial charge on any atom is -0.480 e. The number of rotatable bonds is 4. The van der Waals surface area contributed by atoms with Crippen LogP contribution in [-0.2, 0) is 4.79 Å². The van der Waals surface area contributed by atoms with Gasteiger partial charge in [-0.3, -0.25) is 4.79 Å². The van der Waals surface area contributed by atoms with Crippen molar-refractivity contribution < 1.29 is 27.4 Å². The zero-order valence-corrected chi connectivity index (χ0v) is 14.4. The summed E-state index contributed by atoms with van der Waals surface area (Å²) in [4.78, 5) is 14.1. The van der Waals surface area contributed by atoms with Crippen LogP contribution in [0.2, 0.25) is 0 Å². The van der Waals surface area contributed by atoms with Gasteiger partial charge in [0.15, 0.2) is 6.10 Å². The molecule has 1 heterocycles. The van der Waals surface area contributed by atoms with Crippen molar-refractivity contribution in [3.05, 3.63) is 53.0 Å². The van der Waals surface area contributed by atoms with Gasteiger partial charge in [0, 0.05) is 29.2 Å². The van der Waals surface area contributed by atoms with Gasteiger partial charge in [-0.25, -0.2) is 0 Å². The molecule has 0 bridgehead atoms.